The van der Waals surface area contributed by atoms with Crippen LogP contribution in [-0.2, 0) is 6.42 Å². The lowest BCUT2D eigenvalue weighted by Crippen LogP contribution is -2.22. The molecule has 1 aliphatic heterocycles. The van der Waals surface area contributed by atoms with Gasteiger partial charge in [0.15, 0.2) is 0 Å². The monoisotopic (exact) mass is 288 g/mol. The van der Waals surface area contributed by atoms with E-state index in [1.807, 2.05) is 26.0 Å². The minimum atomic E-state index is -0.390. The van der Waals surface area contributed by atoms with Crippen molar-refractivity contribution in [3.05, 3.63) is 29.2 Å². The largest absolute Gasteiger partial charge is 0.391 e. The zero-order valence-electron chi connectivity index (χ0n) is 12.2. The Balaban J connectivity index is 1.73. The predicted octanol–water partition coefficient (Wildman–Crippen LogP) is 0.439. The fourth-order valence-electron chi connectivity index (χ4n) is 2.83. The predicted molar refractivity (Wildman–Crippen MR) is 79.9 cm³/mol. The van der Waals surface area contributed by atoms with Crippen molar-refractivity contribution in [2.75, 3.05) is 23.7 Å². The number of rotatable bonds is 3. The number of aliphatic hydroxyl groups excluding tert-OH is 1. The van der Waals surface area contributed by atoms with E-state index >= 15 is 0 Å². The number of aromatic amines is 1. The second kappa shape index (κ2) is 5.33. The van der Waals surface area contributed by atoms with E-state index in [4.69, 9.17) is 5.73 Å². The molecule has 7 heteroatoms. The van der Waals surface area contributed by atoms with Gasteiger partial charge in [-0.25, -0.2) is 4.98 Å². The first-order valence-corrected chi connectivity index (χ1v) is 7.06. The van der Waals surface area contributed by atoms with E-state index in [-0.39, 0.29) is 11.9 Å². The molecule has 0 saturated carbocycles. The molecule has 0 bridgehead atoms. The highest BCUT2D eigenvalue weighted by molar-refractivity contribution is 5.44. The first-order valence-electron chi connectivity index (χ1n) is 7.06. The van der Waals surface area contributed by atoms with E-state index in [2.05, 4.69) is 25.1 Å². The van der Waals surface area contributed by atoms with Gasteiger partial charge >= 0.3 is 0 Å². The fourth-order valence-corrected chi connectivity index (χ4v) is 2.83. The normalized spacial score (nSPS) is 22.0. The van der Waals surface area contributed by atoms with Gasteiger partial charge in [0.25, 0.3) is 0 Å². The molecule has 21 heavy (non-hydrogen) atoms. The van der Waals surface area contributed by atoms with E-state index in [0.29, 0.717) is 6.54 Å². The summed E-state index contributed by atoms with van der Waals surface area (Å²) in [6, 6.07) is 3.91. The highest BCUT2D eigenvalue weighted by Gasteiger charge is 2.32. The van der Waals surface area contributed by atoms with Crippen molar-refractivity contribution in [1.82, 2.24) is 20.2 Å². The summed E-state index contributed by atoms with van der Waals surface area (Å²) < 4.78 is 0. The maximum Gasteiger partial charge on any atom is 0.222 e. The van der Waals surface area contributed by atoms with Crippen LogP contribution in [0.25, 0.3) is 0 Å². The first-order chi connectivity index (χ1) is 10.0. The minimum Gasteiger partial charge on any atom is -0.391 e. The van der Waals surface area contributed by atoms with Crippen LogP contribution in [0, 0.1) is 19.8 Å². The second-order valence-corrected chi connectivity index (χ2v) is 5.70. The van der Waals surface area contributed by atoms with Crippen LogP contribution in [0.4, 0.5) is 11.8 Å². The standard InChI is InChI=1S/C14H20N6O/c1-8-4-13(17-14(15)16-8)20-6-10(12(21)7-20)5-11-3-9(2)18-19-11/h3-4,10,12,21H,5-7H2,1-2H3,(H,18,19)(H2,15,16,17)/t10-,12+/m1/s1. The molecule has 0 aliphatic carbocycles. The van der Waals surface area contributed by atoms with Crippen LogP contribution in [0.3, 0.4) is 0 Å². The van der Waals surface area contributed by atoms with Gasteiger partial charge in [0.1, 0.15) is 5.82 Å². The molecule has 0 aromatic carbocycles. The summed E-state index contributed by atoms with van der Waals surface area (Å²) in [6.07, 6.45) is 0.361. The molecule has 3 heterocycles. The number of nitrogens with zero attached hydrogens (tertiary/aromatic N) is 4. The van der Waals surface area contributed by atoms with Gasteiger partial charge in [-0.1, -0.05) is 0 Å². The molecule has 2 aromatic heterocycles. The summed E-state index contributed by atoms with van der Waals surface area (Å²) >= 11 is 0. The van der Waals surface area contributed by atoms with Crippen molar-refractivity contribution < 1.29 is 5.11 Å². The number of hydrogen-bond acceptors (Lipinski definition) is 6. The third kappa shape index (κ3) is 2.97. The van der Waals surface area contributed by atoms with Crippen LogP contribution in [0.5, 0.6) is 0 Å². The number of nitrogen functional groups attached to an aromatic ring is 1. The molecule has 2 aromatic rings. The number of β-amino-alcohol motifs (C(OH)–C–C–N with tert-alkyl or cyclic N) is 1. The minimum absolute atomic E-state index is 0.143. The van der Waals surface area contributed by atoms with Crippen LogP contribution < -0.4 is 10.6 Å². The molecule has 1 fully saturated rings. The molecule has 0 radical (unpaired) electrons. The first kappa shape index (κ1) is 13.8. The lowest BCUT2D eigenvalue weighted by atomic mass is 10.0. The maximum atomic E-state index is 10.3. The Labute approximate surface area is 123 Å². The van der Waals surface area contributed by atoms with Crippen molar-refractivity contribution in [1.29, 1.82) is 0 Å². The van der Waals surface area contributed by atoms with Gasteiger partial charge in [-0.2, -0.15) is 10.1 Å². The van der Waals surface area contributed by atoms with Gasteiger partial charge in [0.2, 0.25) is 5.95 Å². The lowest BCUT2D eigenvalue weighted by molar-refractivity contribution is 0.148. The zero-order chi connectivity index (χ0) is 15.0. The van der Waals surface area contributed by atoms with E-state index in [0.717, 1.165) is 35.9 Å². The maximum absolute atomic E-state index is 10.3. The van der Waals surface area contributed by atoms with Crippen molar-refractivity contribution in [3.63, 3.8) is 0 Å². The molecular formula is C14H20N6O. The Hall–Kier alpha value is -2.15. The van der Waals surface area contributed by atoms with Gasteiger partial charge in [-0.15, -0.1) is 0 Å². The van der Waals surface area contributed by atoms with Crippen molar-refractivity contribution in [2.45, 2.75) is 26.4 Å². The molecule has 7 nitrogen and oxygen atoms in total. The molecule has 2 atom stereocenters. The molecule has 1 aliphatic rings. The molecule has 4 N–H and O–H groups in total. The highest BCUT2D eigenvalue weighted by atomic mass is 16.3. The van der Waals surface area contributed by atoms with Gasteiger partial charge in [0.05, 0.1) is 11.8 Å². The number of anilines is 2. The third-order valence-electron chi connectivity index (χ3n) is 3.82. The zero-order valence-corrected chi connectivity index (χ0v) is 12.2. The van der Waals surface area contributed by atoms with Crippen molar-refractivity contribution >= 4 is 11.8 Å². The molecule has 112 valence electrons. The number of hydrogen-bond donors (Lipinski definition) is 3. The summed E-state index contributed by atoms with van der Waals surface area (Å²) in [7, 11) is 0. The Bertz CT molecular complexity index is 620. The molecule has 0 unspecified atom stereocenters. The van der Waals surface area contributed by atoms with E-state index in [9.17, 15) is 5.11 Å². The van der Waals surface area contributed by atoms with Crippen LogP contribution in [0.1, 0.15) is 17.1 Å². The number of nitrogens with two attached hydrogens (primary N) is 1. The number of aliphatic hydroxyl groups is 1. The number of nitrogens with one attached hydrogen (secondary N) is 1. The Morgan fingerprint density at radius 1 is 1.33 bits per heavy atom. The number of aromatic nitrogens is 4. The summed E-state index contributed by atoms with van der Waals surface area (Å²) in [6.45, 7) is 5.16. The molecular weight excluding hydrogens is 268 g/mol. The number of aryl methyl sites for hydroxylation is 2. The fraction of sp³-hybridized carbons (Fsp3) is 0.500. The van der Waals surface area contributed by atoms with E-state index < -0.39 is 6.10 Å². The average molecular weight is 288 g/mol. The smallest absolute Gasteiger partial charge is 0.222 e. The Morgan fingerprint density at radius 3 is 2.81 bits per heavy atom. The summed E-state index contributed by atoms with van der Waals surface area (Å²) in [5, 5.41) is 17.4. The summed E-state index contributed by atoms with van der Waals surface area (Å²) in [5.41, 5.74) is 8.55. The number of H-pyrrole nitrogens is 1. The van der Waals surface area contributed by atoms with Gasteiger partial charge < -0.3 is 15.7 Å². The molecule has 1 saturated heterocycles. The van der Waals surface area contributed by atoms with Crippen LogP contribution in [0.2, 0.25) is 0 Å². The van der Waals surface area contributed by atoms with Gasteiger partial charge in [0, 0.05) is 36.5 Å². The molecule has 3 rings (SSSR count). The topological polar surface area (TPSA) is 104 Å². The van der Waals surface area contributed by atoms with Crippen molar-refractivity contribution in [3.8, 4) is 0 Å². The third-order valence-corrected chi connectivity index (χ3v) is 3.82. The highest BCUT2D eigenvalue weighted by Crippen LogP contribution is 2.25. The van der Waals surface area contributed by atoms with Crippen LogP contribution >= 0.6 is 0 Å². The SMILES string of the molecule is Cc1cc(N2C[C@@H](Cc3cc(C)[nH]n3)[C@@H](O)C2)nc(N)n1. The summed E-state index contributed by atoms with van der Waals surface area (Å²) in [4.78, 5) is 10.4. The van der Waals surface area contributed by atoms with Crippen LogP contribution in [-0.4, -0.2) is 44.5 Å². The van der Waals surface area contributed by atoms with Crippen LogP contribution in [0.15, 0.2) is 12.1 Å². The summed E-state index contributed by atoms with van der Waals surface area (Å²) in [5.74, 6) is 1.19. The molecule has 0 spiro atoms. The second-order valence-electron chi connectivity index (χ2n) is 5.70. The van der Waals surface area contributed by atoms with Crippen molar-refractivity contribution in [2.24, 2.45) is 5.92 Å². The van der Waals surface area contributed by atoms with E-state index in [1.54, 1.807) is 0 Å². The quantitative estimate of drug-likeness (QED) is 0.757. The van der Waals surface area contributed by atoms with E-state index in [1.165, 1.54) is 0 Å². The average Bonchev–Trinajstić information content (AvgIpc) is 2.96. The lowest BCUT2D eigenvalue weighted by Gasteiger charge is -2.17. The Morgan fingerprint density at radius 2 is 2.14 bits per heavy atom. The molecule has 0 amide bonds. The van der Waals surface area contributed by atoms with Gasteiger partial charge in [-0.3, -0.25) is 5.10 Å². The Kier molecular flexibility index (Phi) is 3.50. The van der Waals surface area contributed by atoms with Gasteiger partial charge in [-0.05, 0) is 26.3 Å².